The molecule has 0 N–H and O–H groups in total. The highest BCUT2D eigenvalue weighted by Gasteiger charge is 2.16. The van der Waals surface area contributed by atoms with Gasteiger partial charge in [0.25, 0.3) is 0 Å². The lowest BCUT2D eigenvalue weighted by Gasteiger charge is -2.11. The van der Waals surface area contributed by atoms with E-state index in [0.717, 1.165) is 16.7 Å². The van der Waals surface area contributed by atoms with Crippen LogP contribution in [-0.4, -0.2) is 22.6 Å². The molecule has 1 heterocycles. The fourth-order valence-electron chi connectivity index (χ4n) is 3.13. The van der Waals surface area contributed by atoms with Crippen molar-refractivity contribution in [2.45, 2.75) is 19.9 Å². The predicted molar refractivity (Wildman–Crippen MR) is 103 cm³/mol. The first-order valence-electron chi connectivity index (χ1n) is 8.79. The first-order chi connectivity index (χ1) is 13.6. The Bertz CT molecular complexity index is 1100. The van der Waals surface area contributed by atoms with E-state index in [0.29, 0.717) is 24.4 Å². The molecule has 0 aliphatic carbocycles. The molecule has 3 rings (SSSR count). The smallest absolute Gasteiger partial charge is 0.338 e. The van der Waals surface area contributed by atoms with E-state index >= 15 is 0 Å². The van der Waals surface area contributed by atoms with Gasteiger partial charge < -0.3 is 9.30 Å². The highest BCUT2D eigenvalue weighted by atomic mass is 16.5. The third-order valence-corrected chi connectivity index (χ3v) is 4.51. The van der Waals surface area contributed by atoms with E-state index in [1.807, 2.05) is 49.4 Å². The summed E-state index contributed by atoms with van der Waals surface area (Å²) < 4.78 is 6.63. The van der Waals surface area contributed by atoms with Crippen LogP contribution < -0.4 is 0 Å². The van der Waals surface area contributed by atoms with Gasteiger partial charge in [0, 0.05) is 6.42 Å². The predicted octanol–water partition coefficient (Wildman–Crippen LogP) is 3.69. The van der Waals surface area contributed by atoms with Crippen LogP contribution in [0.25, 0.3) is 11.1 Å². The van der Waals surface area contributed by atoms with Gasteiger partial charge in [-0.15, -0.1) is 0 Å². The van der Waals surface area contributed by atoms with Crippen molar-refractivity contribution in [2.75, 3.05) is 7.11 Å². The van der Waals surface area contributed by atoms with E-state index in [-0.39, 0.29) is 17.4 Å². The van der Waals surface area contributed by atoms with E-state index in [4.69, 9.17) is 4.74 Å². The van der Waals surface area contributed by atoms with Crippen LogP contribution >= 0.6 is 0 Å². The van der Waals surface area contributed by atoms with E-state index in [1.54, 1.807) is 16.7 Å². The fraction of sp³-hybridized carbons (Fsp3) is 0.182. The maximum atomic E-state index is 12.0. The number of nitrogens with zero attached hydrogens (tertiary/aromatic N) is 4. The van der Waals surface area contributed by atoms with Crippen LogP contribution in [0.15, 0.2) is 48.5 Å². The van der Waals surface area contributed by atoms with Crippen LogP contribution in [-0.2, 0) is 17.7 Å². The molecule has 6 nitrogen and oxygen atoms in total. The molecule has 0 unspecified atom stereocenters. The van der Waals surface area contributed by atoms with Crippen molar-refractivity contribution in [3.05, 3.63) is 76.9 Å². The molecule has 0 atom stereocenters. The molecule has 3 aromatic rings. The van der Waals surface area contributed by atoms with E-state index in [1.165, 1.54) is 7.11 Å². The molecule has 28 heavy (non-hydrogen) atoms. The number of carbonyl (C=O) groups excluding carboxylic acids is 1. The lowest BCUT2D eigenvalue weighted by molar-refractivity contribution is 0.0601. The number of nitriles is 2. The van der Waals surface area contributed by atoms with Gasteiger partial charge in [-0.05, 0) is 22.8 Å². The number of esters is 1. The summed E-state index contributed by atoms with van der Waals surface area (Å²) in [6, 6.07) is 19.1. The van der Waals surface area contributed by atoms with Crippen molar-refractivity contribution < 1.29 is 9.53 Å². The summed E-state index contributed by atoms with van der Waals surface area (Å²) in [5.74, 6) is 0.321. The number of aryl methyl sites for hydroxylation is 1. The summed E-state index contributed by atoms with van der Waals surface area (Å²) in [4.78, 5) is 16.2. The Hall–Kier alpha value is -3.90. The minimum atomic E-state index is -0.381. The molecule has 2 aromatic carbocycles. The molecule has 0 radical (unpaired) electrons. The normalized spacial score (nSPS) is 10.1. The molecule has 6 heteroatoms. The quantitative estimate of drug-likeness (QED) is 0.639. The van der Waals surface area contributed by atoms with Crippen molar-refractivity contribution in [2.24, 2.45) is 0 Å². The Kier molecular flexibility index (Phi) is 5.53. The molecular formula is C22H18N4O2. The van der Waals surface area contributed by atoms with Crippen LogP contribution in [0, 0.1) is 22.7 Å². The summed E-state index contributed by atoms with van der Waals surface area (Å²) in [7, 11) is 1.36. The lowest BCUT2D eigenvalue weighted by Crippen LogP contribution is -2.07. The third-order valence-electron chi connectivity index (χ3n) is 4.51. The van der Waals surface area contributed by atoms with Crippen LogP contribution in [0.1, 0.15) is 40.1 Å². The van der Waals surface area contributed by atoms with Crippen LogP contribution in [0.3, 0.4) is 0 Å². The lowest BCUT2D eigenvalue weighted by atomic mass is 9.98. The zero-order chi connectivity index (χ0) is 20.1. The second-order valence-electron chi connectivity index (χ2n) is 6.12. The van der Waals surface area contributed by atoms with Crippen molar-refractivity contribution in [3.8, 4) is 23.3 Å². The molecule has 1 aromatic heterocycles. The molecule has 0 saturated heterocycles. The molecule has 0 amide bonds. The van der Waals surface area contributed by atoms with Crippen LogP contribution in [0.2, 0.25) is 0 Å². The van der Waals surface area contributed by atoms with Gasteiger partial charge in [-0.1, -0.05) is 49.4 Å². The largest absolute Gasteiger partial charge is 0.465 e. The first-order valence-corrected chi connectivity index (χ1v) is 8.79. The molecule has 0 spiro atoms. The Morgan fingerprint density at radius 1 is 1.11 bits per heavy atom. The Balaban J connectivity index is 1.94. The Morgan fingerprint density at radius 2 is 1.82 bits per heavy atom. The number of carbonyl (C=O) groups is 1. The Labute approximate surface area is 163 Å². The first kappa shape index (κ1) is 18.9. The molecule has 138 valence electrons. The SMILES string of the molecule is CCc1nc(C#N)c(C#N)n1Cc1ccc(-c2ccccc2C(=O)OC)cc1. The topological polar surface area (TPSA) is 91.7 Å². The standard InChI is InChI=1S/C22H18N4O2/c1-3-21-25-19(12-23)20(13-24)26(21)14-15-8-10-16(11-9-15)17-6-4-5-7-18(17)22(27)28-2/h4-11H,3,14H2,1-2H3. The maximum absolute atomic E-state index is 12.0. The highest BCUT2D eigenvalue weighted by molar-refractivity contribution is 5.97. The Morgan fingerprint density at radius 3 is 2.43 bits per heavy atom. The second kappa shape index (κ2) is 8.20. The maximum Gasteiger partial charge on any atom is 0.338 e. The number of ether oxygens (including phenoxy) is 1. The number of hydrogen-bond acceptors (Lipinski definition) is 5. The molecule has 0 saturated carbocycles. The van der Waals surface area contributed by atoms with Gasteiger partial charge in [-0.25, -0.2) is 9.78 Å². The number of rotatable bonds is 5. The molecule has 0 bridgehead atoms. The van der Waals surface area contributed by atoms with E-state index in [9.17, 15) is 15.3 Å². The number of imidazole rings is 1. The molecular weight excluding hydrogens is 352 g/mol. The van der Waals surface area contributed by atoms with Gasteiger partial charge in [-0.2, -0.15) is 10.5 Å². The van der Waals surface area contributed by atoms with Crippen molar-refractivity contribution in [3.63, 3.8) is 0 Å². The minimum absolute atomic E-state index is 0.156. The van der Waals surface area contributed by atoms with Crippen molar-refractivity contribution >= 4 is 5.97 Å². The average molecular weight is 370 g/mol. The van der Waals surface area contributed by atoms with Crippen molar-refractivity contribution in [1.29, 1.82) is 10.5 Å². The number of hydrogen-bond donors (Lipinski definition) is 0. The molecule has 0 fully saturated rings. The summed E-state index contributed by atoms with van der Waals surface area (Å²) in [6.45, 7) is 2.38. The number of benzene rings is 2. The third kappa shape index (κ3) is 3.49. The second-order valence-corrected chi connectivity index (χ2v) is 6.12. The highest BCUT2D eigenvalue weighted by Crippen LogP contribution is 2.25. The van der Waals surface area contributed by atoms with E-state index < -0.39 is 0 Å². The van der Waals surface area contributed by atoms with Gasteiger partial charge in [-0.3, -0.25) is 0 Å². The van der Waals surface area contributed by atoms with Gasteiger partial charge in [0.1, 0.15) is 18.0 Å². The zero-order valence-electron chi connectivity index (χ0n) is 15.6. The monoisotopic (exact) mass is 370 g/mol. The fourth-order valence-corrected chi connectivity index (χ4v) is 3.13. The van der Waals surface area contributed by atoms with Crippen LogP contribution in [0.4, 0.5) is 0 Å². The van der Waals surface area contributed by atoms with Crippen molar-refractivity contribution in [1.82, 2.24) is 9.55 Å². The van der Waals surface area contributed by atoms with Gasteiger partial charge in [0.15, 0.2) is 11.4 Å². The summed E-state index contributed by atoms with van der Waals surface area (Å²) in [5.41, 5.74) is 3.59. The number of methoxy groups -OCH3 is 1. The summed E-state index contributed by atoms with van der Waals surface area (Å²) in [5, 5.41) is 18.6. The minimum Gasteiger partial charge on any atom is -0.465 e. The average Bonchev–Trinajstić information content (AvgIpc) is 3.10. The molecule has 0 aliphatic heterocycles. The van der Waals surface area contributed by atoms with Gasteiger partial charge in [0.05, 0.1) is 19.2 Å². The molecule has 0 aliphatic rings. The number of aromatic nitrogens is 2. The summed E-state index contributed by atoms with van der Waals surface area (Å²) >= 11 is 0. The van der Waals surface area contributed by atoms with E-state index in [2.05, 4.69) is 11.1 Å². The van der Waals surface area contributed by atoms with Gasteiger partial charge >= 0.3 is 5.97 Å². The summed E-state index contributed by atoms with van der Waals surface area (Å²) in [6.07, 6.45) is 0.626. The van der Waals surface area contributed by atoms with Gasteiger partial charge in [0.2, 0.25) is 0 Å². The zero-order valence-corrected chi connectivity index (χ0v) is 15.6. The van der Waals surface area contributed by atoms with Crippen LogP contribution in [0.5, 0.6) is 0 Å².